The summed E-state index contributed by atoms with van der Waals surface area (Å²) in [7, 11) is 0. The third-order valence-electron chi connectivity index (χ3n) is 4.20. The number of furan rings is 1. The monoisotopic (exact) mass is 364 g/mol. The standard InChI is InChI=1S/C20H17FN4O2/c1-12(2)25-19-14(11-22-25)13(10-17(23-19)18-8-5-9-27-18)20(26)24-16-7-4-3-6-15(16)21/h3-12H,1-2H3,(H,24,26). The number of aromatic nitrogens is 3. The van der Waals surface area contributed by atoms with Gasteiger partial charge in [0.25, 0.3) is 5.91 Å². The van der Waals surface area contributed by atoms with Gasteiger partial charge < -0.3 is 9.73 Å². The molecule has 0 bridgehead atoms. The molecule has 0 saturated carbocycles. The Morgan fingerprint density at radius 1 is 1.22 bits per heavy atom. The van der Waals surface area contributed by atoms with Crippen LogP contribution in [-0.4, -0.2) is 20.7 Å². The van der Waals surface area contributed by atoms with Gasteiger partial charge in [-0.05, 0) is 44.2 Å². The van der Waals surface area contributed by atoms with Crippen LogP contribution in [0.3, 0.4) is 0 Å². The van der Waals surface area contributed by atoms with E-state index in [-0.39, 0.29) is 11.7 Å². The smallest absolute Gasteiger partial charge is 0.256 e. The van der Waals surface area contributed by atoms with Crippen LogP contribution in [-0.2, 0) is 0 Å². The quantitative estimate of drug-likeness (QED) is 0.571. The molecular formula is C20H17FN4O2. The van der Waals surface area contributed by atoms with Crippen molar-refractivity contribution < 1.29 is 13.6 Å². The molecule has 0 unspecified atom stereocenters. The fraction of sp³-hybridized carbons (Fsp3) is 0.150. The number of carbonyl (C=O) groups excluding carboxylic acids is 1. The summed E-state index contributed by atoms with van der Waals surface area (Å²) < 4.78 is 21.1. The van der Waals surface area contributed by atoms with Crippen LogP contribution < -0.4 is 5.32 Å². The average Bonchev–Trinajstić information content (AvgIpc) is 3.32. The van der Waals surface area contributed by atoms with E-state index in [9.17, 15) is 9.18 Å². The zero-order chi connectivity index (χ0) is 19.0. The van der Waals surface area contributed by atoms with Gasteiger partial charge in [0.15, 0.2) is 11.4 Å². The lowest BCUT2D eigenvalue weighted by Gasteiger charge is -2.10. The van der Waals surface area contributed by atoms with E-state index in [4.69, 9.17) is 4.42 Å². The van der Waals surface area contributed by atoms with E-state index in [1.165, 1.54) is 12.1 Å². The second-order valence-electron chi connectivity index (χ2n) is 6.39. The van der Waals surface area contributed by atoms with Crippen molar-refractivity contribution in [2.24, 2.45) is 0 Å². The third-order valence-corrected chi connectivity index (χ3v) is 4.20. The van der Waals surface area contributed by atoms with Gasteiger partial charge in [0.05, 0.1) is 29.1 Å². The minimum Gasteiger partial charge on any atom is -0.463 e. The van der Waals surface area contributed by atoms with E-state index >= 15 is 0 Å². The summed E-state index contributed by atoms with van der Waals surface area (Å²) in [5.41, 5.74) is 1.54. The maximum absolute atomic E-state index is 13.9. The lowest BCUT2D eigenvalue weighted by atomic mass is 10.1. The molecule has 6 nitrogen and oxygen atoms in total. The summed E-state index contributed by atoms with van der Waals surface area (Å²) in [6.07, 6.45) is 3.14. The number of carbonyl (C=O) groups is 1. The third kappa shape index (κ3) is 3.08. The Kier molecular flexibility index (Phi) is 4.19. The van der Waals surface area contributed by atoms with Crippen molar-refractivity contribution in [3.05, 3.63) is 66.3 Å². The number of benzene rings is 1. The summed E-state index contributed by atoms with van der Waals surface area (Å²) in [5.74, 6) is -0.405. The zero-order valence-corrected chi connectivity index (χ0v) is 14.8. The molecule has 4 rings (SSSR count). The molecule has 0 atom stereocenters. The van der Waals surface area contributed by atoms with Crippen molar-refractivity contribution in [2.75, 3.05) is 5.32 Å². The van der Waals surface area contributed by atoms with Crippen molar-refractivity contribution in [3.63, 3.8) is 0 Å². The number of amides is 1. The molecule has 27 heavy (non-hydrogen) atoms. The van der Waals surface area contributed by atoms with E-state index in [2.05, 4.69) is 15.4 Å². The highest BCUT2D eigenvalue weighted by atomic mass is 19.1. The lowest BCUT2D eigenvalue weighted by Crippen LogP contribution is -2.14. The molecule has 0 aliphatic rings. The van der Waals surface area contributed by atoms with Crippen LogP contribution in [0, 0.1) is 5.82 Å². The van der Waals surface area contributed by atoms with E-state index in [1.54, 1.807) is 47.5 Å². The number of rotatable bonds is 4. The van der Waals surface area contributed by atoms with Gasteiger partial charge in [-0.15, -0.1) is 0 Å². The van der Waals surface area contributed by atoms with Crippen molar-refractivity contribution >= 4 is 22.6 Å². The molecule has 1 N–H and O–H groups in total. The number of anilines is 1. The van der Waals surface area contributed by atoms with Crippen LogP contribution in [0.15, 0.2) is 59.3 Å². The summed E-state index contributed by atoms with van der Waals surface area (Å²) in [6, 6.07) is 11.2. The Morgan fingerprint density at radius 3 is 2.74 bits per heavy atom. The molecule has 1 aromatic carbocycles. The first-order valence-electron chi connectivity index (χ1n) is 8.52. The van der Waals surface area contributed by atoms with E-state index in [0.29, 0.717) is 28.1 Å². The molecule has 7 heteroatoms. The molecule has 0 radical (unpaired) electrons. The van der Waals surface area contributed by atoms with Crippen molar-refractivity contribution in [3.8, 4) is 11.5 Å². The topological polar surface area (TPSA) is 73.0 Å². The van der Waals surface area contributed by atoms with Crippen LogP contribution in [0.1, 0.15) is 30.2 Å². The molecule has 136 valence electrons. The summed E-state index contributed by atoms with van der Waals surface area (Å²) >= 11 is 0. The second kappa shape index (κ2) is 6.68. The highest BCUT2D eigenvalue weighted by Crippen LogP contribution is 2.27. The molecule has 4 aromatic rings. The second-order valence-corrected chi connectivity index (χ2v) is 6.39. The first kappa shape index (κ1) is 17.0. The average molecular weight is 364 g/mol. The van der Waals surface area contributed by atoms with Gasteiger partial charge in [0, 0.05) is 6.04 Å². The largest absolute Gasteiger partial charge is 0.463 e. The molecule has 3 heterocycles. The molecule has 0 saturated heterocycles. The Balaban J connectivity index is 1.86. The Hall–Kier alpha value is -3.48. The zero-order valence-electron chi connectivity index (χ0n) is 14.8. The first-order valence-corrected chi connectivity index (χ1v) is 8.52. The Bertz CT molecular complexity index is 1120. The highest BCUT2D eigenvalue weighted by molar-refractivity contribution is 6.12. The van der Waals surface area contributed by atoms with Crippen LogP contribution in [0.4, 0.5) is 10.1 Å². The van der Waals surface area contributed by atoms with Gasteiger partial charge in [0.2, 0.25) is 0 Å². The predicted molar refractivity (Wildman–Crippen MR) is 100.0 cm³/mol. The number of hydrogen-bond acceptors (Lipinski definition) is 4. The normalized spacial score (nSPS) is 11.3. The van der Waals surface area contributed by atoms with Crippen LogP contribution >= 0.6 is 0 Å². The predicted octanol–water partition coefficient (Wildman–Crippen LogP) is 4.66. The first-order chi connectivity index (χ1) is 13.0. The number of hydrogen-bond donors (Lipinski definition) is 1. The number of pyridine rings is 1. The van der Waals surface area contributed by atoms with Crippen LogP contribution in [0.2, 0.25) is 0 Å². The van der Waals surface area contributed by atoms with Crippen LogP contribution in [0.5, 0.6) is 0 Å². The van der Waals surface area contributed by atoms with Gasteiger partial charge in [0.1, 0.15) is 11.5 Å². The van der Waals surface area contributed by atoms with E-state index in [0.717, 1.165) is 0 Å². The maximum Gasteiger partial charge on any atom is 0.256 e. The molecule has 0 fully saturated rings. The molecule has 0 aliphatic carbocycles. The van der Waals surface area contributed by atoms with Crippen molar-refractivity contribution in [1.82, 2.24) is 14.8 Å². The lowest BCUT2D eigenvalue weighted by molar-refractivity contribution is 0.102. The molecular weight excluding hydrogens is 347 g/mol. The number of nitrogens with zero attached hydrogens (tertiary/aromatic N) is 3. The summed E-state index contributed by atoms with van der Waals surface area (Å²) in [6.45, 7) is 3.96. The molecule has 3 aromatic heterocycles. The minimum absolute atomic E-state index is 0.0596. The Labute approximate surface area is 154 Å². The molecule has 0 spiro atoms. The number of halogens is 1. The van der Waals surface area contributed by atoms with Gasteiger partial charge >= 0.3 is 0 Å². The minimum atomic E-state index is -0.500. The fourth-order valence-corrected chi connectivity index (χ4v) is 2.89. The Morgan fingerprint density at radius 2 is 2.04 bits per heavy atom. The van der Waals surface area contributed by atoms with E-state index in [1.807, 2.05) is 13.8 Å². The number of nitrogens with one attached hydrogen (secondary N) is 1. The van der Waals surface area contributed by atoms with Gasteiger partial charge in [-0.3, -0.25) is 4.79 Å². The fourth-order valence-electron chi connectivity index (χ4n) is 2.89. The van der Waals surface area contributed by atoms with Crippen molar-refractivity contribution in [1.29, 1.82) is 0 Å². The van der Waals surface area contributed by atoms with Gasteiger partial charge in [-0.2, -0.15) is 5.10 Å². The molecule has 0 aliphatic heterocycles. The number of para-hydroxylation sites is 1. The summed E-state index contributed by atoms with van der Waals surface area (Å²) in [4.78, 5) is 17.5. The van der Waals surface area contributed by atoms with Crippen LogP contribution in [0.25, 0.3) is 22.5 Å². The highest BCUT2D eigenvalue weighted by Gasteiger charge is 2.20. The van der Waals surface area contributed by atoms with E-state index < -0.39 is 11.7 Å². The van der Waals surface area contributed by atoms with Gasteiger partial charge in [-0.1, -0.05) is 12.1 Å². The maximum atomic E-state index is 13.9. The number of fused-ring (bicyclic) bond motifs is 1. The van der Waals surface area contributed by atoms with Gasteiger partial charge in [-0.25, -0.2) is 14.1 Å². The molecule has 1 amide bonds. The summed E-state index contributed by atoms with van der Waals surface area (Å²) in [5, 5.41) is 7.57. The SMILES string of the molecule is CC(C)n1ncc2c(C(=O)Nc3ccccc3F)cc(-c3ccco3)nc21. The van der Waals surface area contributed by atoms with Crippen molar-refractivity contribution in [2.45, 2.75) is 19.9 Å².